The Morgan fingerprint density at radius 3 is 3.07 bits per heavy atom. The molecule has 1 heterocycles. The largest absolute Gasteiger partial charge is 0.454 e. The SMILES string of the molecule is ClCCCN=Cc1ccc2c(c1)OCO2. The van der Waals surface area contributed by atoms with Crippen LogP contribution in [0, 0.1) is 0 Å². The summed E-state index contributed by atoms with van der Waals surface area (Å²) in [5, 5.41) is 0. The predicted octanol–water partition coefficient (Wildman–Crippen LogP) is 2.46. The molecule has 0 N–H and O–H groups in total. The first-order valence-corrected chi connectivity index (χ1v) is 5.39. The Kier molecular flexibility index (Phi) is 3.45. The predicted molar refractivity (Wildman–Crippen MR) is 60.4 cm³/mol. The van der Waals surface area contributed by atoms with Gasteiger partial charge in [0.1, 0.15) is 0 Å². The van der Waals surface area contributed by atoms with Crippen molar-refractivity contribution in [2.75, 3.05) is 19.2 Å². The second kappa shape index (κ2) is 5.03. The van der Waals surface area contributed by atoms with E-state index in [1.54, 1.807) is 0 Å². The van der Waals surface area contributed by atoms with E-state index in [-0.39, 0.29) is 0 Å². The van der Waals surface area contributed by atoms with Crippen LogP contribution >= 0.6 is 11.6 Å². The number of aliphatic imine (C=N–C) groups is 1. The molecule has 0 radical (unpaired) electrons. The van der Waals surface area contributed by atoms with Gasteiger partial charge in [0.2, 0.25) is 6.79 Å². The highest BCUT2D eigenvalue weighted by molar-refractivity contribution is 6.17. The van der Waals surface area contributed by atoms with E-state index in [9.17, 15) is 0 Å². The molecule has 0 aliphatic carbocycles. The van der Waals surface area contributed by atoms with Crippen LogP contribution in [-0.4, -0.2) is 25.4 Å². The van der Waals surface area contributed by atoms with E-state index in [2.05, 4.69) is 4.99 Å². The highest BCUT2D eigenvalue weighted by Crippen LogP contribution is 2.31. The van der Waals surface area contributed by atoms with Crippen LogP contribution in [0.3, 0.4) is 0 Å². The summed E-state index contributed by atoms with van der Waals surface area (Å²) in [6, 6.07) is 5.77. The minimum Gasteiger partial charge on any atom is -0.454 e. The van der Waals surface area contributed by atoms with Gasteiger partial charge in [-0.1, -0.05) is 0 Å². The van der Waals surface area contributed by atoms with E-state index in [0.717, 1.165) is 30.0 Å². The molecule has 1 aromatic rings. The lowest BCUT2D eigenvalue weighted by molar-refractivity contribution is 0.174. The summed E-state index contributed by atoms with van der Waals surface area (Å²) in [5.74, 6) is 2.24. The van der Waals surface area contributed by atoms with Crippen LogP contribution < -0.4 is 9.47 Å². The summed E-state index contributed by atoms with van der Waals surface area (Å²) < 4.78 is 10.5. The highest BCUT2D eigenvalue weighted by Gasteiger charge is 2.12. The van der Waals surface area contributed by atoms with Gasteiger partial charge in [0.25, 0.3) is 0 Å². The third kappa shape index (κ3) is 2.63. The van der Waals surface area contributed by atoms with Gasteiger partial charge < -0.3 is 9.47 Å². The Hall–Kier alpha value is -1.22. The van der Waals surface area contributed by atoms with Crippen molar-refractivity contribution < 1.29 is 9.47 Å². The zero-order valence-electron chi connectivity index (χ0n) is 8.28. The van der Waals surface area contributed by atoms with Crippen LogP contribution in [0.25, 0.3) is 0 Å². The normalized spacial score (nSPS) is 13.7. The van der Waals surface area contributed by atoms with Crippen LogP contribution in [0.2, 0.25) is 0 Å². The Bertz CT molecular complexity index is 366. The molecule has 4 heteroatoms. The van der Waals surface area contributed by atoms with Crippen molar-refractivity contribution >= 4 is 17.8 Å². The average Bonchev–Trinajstić information content (AvgIpc) is 2.71. The first-order valence-electron chi connectivity index (χ1n) is 4.85. The van der Waals surface area contributed by atoms with Gasteiger partial charge in [0.05, 0.1) is 0 Å². The molecule has 0 atom stereocenters. The molecule has 0 spiro atoms. The fourth-order valence-electron chi connectivity index (χ4n) is 1.31. The summed E-state index contributed by atoms with van der Waals surface area (Å²) >= 11 is 5.55. The van der Waals surface area contributed by atoms with E-state index in [0.29, 0.717) is 12.7 Å². The zero-order chi connectivity index (χ0) is 10.5. The quantitative estimate of drug-likeness (QED) is 0.448. The molecule has 0 amide bonds. The molecule has 1 aliphatic rings. The number of nitrogens with zero attached hydrogens (tertiary/aromatic N) is 1. The Morgan fingerprint density at radius 1 is 1.33 bits per heavy atom. The molecule has 0 saturated heterocycles. The van der Waals surface area contributed by atoms with E-state index in [4.69, 9.17) is 21.1 Å². The van der Waals surface area contributed by atoms with Gasteiger partial charge in [0, 0.05) is 18.6 Å². The van der Waals surface area contributed by atoms with Crippen LogP contribution in [0.5, 0.6) is 11.5 Å². The van der Waals surface area contributed by atoms with Crippen molar-refractivity contribution in [3.05, 3.63) is 23.8 Å². The van der Waals surface area contributed by atoms with Crippen molar-refractivity contribution in [3.63, 3.8) is 0 Å². The van der Waals surface area contributed by atoms with Crippen molar-refractivity contribution in [1.82, 2.24) is 0 Å². The van der Waals surface area contributed by atoms with Gasteiger partial charge in [-0.05, 0) is 30.2 Å². The molecule has 3 nitrogen and oxygen atoms in total. The molecule has 1 aromatic carbocycles. The first-order chi connectivity index (χ1) is 7.40. The Balaban J connectivity index is 2.00. The maximum absolute atomic E-state index is 5.55. The second-order valence-corrected chi connectivity index (χ2v) is 3.57. The van der Waals surface area contributed by atoms with Gasteiger partial charge in [-0.2, -0.15) is 0 Å². The number of benzene rings is 1. The summed E-state index contributed by atoms with van der Waals surface area (Å²) in [4.78, 5) is 4.25. The number of fused-ring (bicyclic) bond motifs is 1. The van der Waals surface area contributed by atoms with Crippen LogP contribution in [0.15, 0.2) is 23.2 Å². The summed E-state index contributed by atoms with van der Waals surface area (Å²) in [7, 11) is 0. The van der Waals surface area contributed by atoms with Crippen LogP contribution in [-0.2, 0) is 0 Å². The number of alkyl halides is 1. The van der Waals surface area contributed by atoms with Crippen molar-refractivity contribution in [2.24, 2.45) is 4.99 Å². The second-order valence-electron chi connectivity index (χ2n) is 3.19. The molecule has 0 aromatic heterocycles. The van der Waals surface area contributed by atoms with Gasteiger partial charge in [-0.15, -0.1) is 11.6 Å². The van der Waals surface area contributed by atoms with Gasteiger partial charge >= 0.3 is 0 Å². The van der Waals surface area contributed by atoms with E-state index in [1.165, 1.54) is 0 Å². The minimum atomic E-state index is 0.308. The van der Waals surface area contributed by atoms with E-state index >= 15 is 0 Å². The molecular weight excluding hydrogens is 214 g/mol. The maximum Gasteiger partial charge on any atom is 0.231 e. The van der Waals surface area contributed by atoms with E-state index in [1.807, 2.05) is 24.4 Å². The number of rotatable bonds is 4. The fraction of sp³-hybridized carbons (Fsp3) is 0.364. The monoisotopic (exact) mass is 225 g/mol. The number of halogens is 1. The molecule has 1 aliphatic heterocycles. The molecule has 0 bridgehead atoms. The van der Waals surface area contributed by atoms with Gasteiger partial charge in [-0.3, -0.25) is 4.99 Å². The molecular formula is C11H12ClNO2. The van der Waals surface area contributed by atoms with Gasteiger partial charge in [0.15, 0.2) is 11.5 Å². The fourth-order valence-corrected chi connectivity index (χ4v) is 1.43. The lowest BCUT2D eigenvalue weighted by atomic mass is 10.2. The number of hydrogen-bond acceptors (Lipinski definition) is 3. The number of hydrogen-bond donors (Lipinski definition) is 0. The zero-order valence-corrected chi connectivity index (χ0v) is 9.04. The minimum absolute atomic E-state index is 0.308. The van der Waals surface area contributed by atoms with Crippen molar-refractivity contribution in [3.8, 4) is 11.5 Å². The molecule has 0 fully saturated rings. The summed E-state index contributed by atoms with van der Waals surface area (Å²) in [6.07, 6.45) is 2.73. The molecule has 2 rings (SSSR count). The first kappa shape index (κ1) is 10.3. The third-order valence-corrected chi connectivity index (χ3v) is 2.33. The molecule has 15 heavy (non-hydrogen) atoms. The van der Waals surface area contributed by atoms with E-state index < -0.39 is 0 Å². The molecule has 80 valence electrons. The number of ether oxygens (including phenoxy) is 2. The summed E-state index contributed by atoms with van der Waals surface area (Å²) in [5.41, 5.74) is 1.02. The molecule has 0 saturated carbocycles. The Morgan fingerprint density at radius 2 is 2.20 bits per heavy atom. The lowest BCUT2D eigenvalue weighted by Gasteiger charge is -1.97. The topological polar surface area (TPSA) is 30.8 Å². The third-order valence-electron chi connectivity index (χ3n) is 2.06. The summed E-state index contributed by atoms with van der Waals surface area (Å²) in [6.45, 7) is 1.07. The van der Waals surface area contributed by atoms with Gasteiger partial charge in [-0.25, -0.2) is 0 Å². The average molecular weight is 226 g/mol. The Labute approximate surface area is 93.7 Å². The van der Waals surface area contributed by atoms with Crippen LogP contribution in [0.4, 0.5) is 0 Å². The maximum atomic E-state index is 5.55. The molecule has 0 unspecified atom stereocenters. The highest BCUT2D eigenvalue weighted by atomic mass is 35.5. The standard InChI is InChI=1S/C11H12ClNO2/c12-4-1-5-13-7-9-2-3-10-11(6-9)15-8-14-10/h2-3,6-7H,1,4-5,8H2. The van der Waals surface area contributed by atoms with Crippen molar-refractivity contribution in [1.29, 1.82) is 0 Å². The lowest BCUT2D eigenvalue weighted by Crippen LogP contribution is -1.92. The van der Waals surface area contributed by atoms with Crippen molar-refractivity contribution in [2.45, 2.75) is 6.42 Å². The van der Waals surface area contributed by atoms with Crippen LogP contribution in [0.1, 0.15) is 12.0 Å². The smallest absolute Gasteiger partial charge is 0.231 e.